The molecule has 0 saturated heterocycles. The number of hydrogen-bond donors (Lipinski definition) is 0. The van der Waals surface area contributed by atoms with Crippen molar-refractivity contribution >= 4 is 72.6 Å². The molecule has 8 aromatic carbocycles. The van der Waals surface area contributed by atoms with Gasteiger partial charge in [0, 0.05) is 31.9 Å². The summed E-state index contributed by atoms with van der Waals surface area (Å²) < 4.78 is 8.59. The molecule has 4 nitrogen and oxygen atoms in total. The van der Waals surface area contributed by atoms with Gasteiger partial charge in [-0.15, -0.1) is 0 Å². The van der Waals surface area contributed by atoms with Gasteiger partial charge in [-0.2, -0.15) is 0 Å². The summed E-state index contributed by atoms with van der Waals surface area (Å²) in [5, 5.41) is 3.65. The standard InChI is InChI=1S/C49H30N2O2S/c52-49-38-13-5-8-16-45(38)53-46-29-34(20-25-39(46)49)32-18-22-35(23-19-32)50-43-15-7-9-17-47(43)54-48-27-24-36(30-44(48)50)51-41-14-6-4-12-37(41)40-28-33(21-26-42(40)51)31-10-2-1-3-11-31/h1-30H. The number of rotatable bonds is 4. The summed E-state index contributed by atoms with van der Waals surface area (Å²) >= 11 is 1.81. The number of para-hydroxylation sites is 3. The second kappa shape index (κ2) is 12.1. The first-order valence-corrected chi connectivity index (χ1v) is 18.9. The van der Waals surface area contributed by atoms with Crippen LogP contribution < -0.4 is 10.3 Å². The van der Waals surface area contributed by atoms with E-state index < -0.39 is 0 Å². The second-order valence-corrected chi connectivity index (χ2v) is 14.8. The van der Waals surface area contributed by atoms with Gasteiger partial charge >= 0.3 is 0 Å². The second-order valence-electron chi connectivity index (χ2n) is 13.7. The third kappa shape index (κ3) is 4.83. The van der Waals surface area contributed by atoms with Crippen LogP contribution in [0.2, 0.25) is 0 Å². The van der Waals surface area contributed by atoms with Crippen molar-refractivity contribution in [2.45, 2.75) is 9.79 Å². The van der Waals surface area contributed by atoms with E-state index in [0.717, 1.165) is 33.9 Å². The quantitative estimate of drug-likeness (QED) is 0.170. The van der Waals surface area contributed by atoms with Crippen LogP contribution in [0.1, 0.15) is 0 Å². The molecule has 0 radical (unpaired) electrons. The lowest BCUT2D eigenvalue weighted by atomic mass is 10.0. The fourth-order valence-electron chi connectivity index (χ4n) is 8.01. The molecular weight excluding hydrogens is 681 g/mol. The van der Waals surface area contributed by atoms with Crippen molar-refractivity contribution in [1.82, 2.24) is 4.57 Å². The predicted octanol–water partition coefficient (Wildman–Crippen LogP) is 13.3. The number of anilines is 3. The molecule has 0 spiro atoms. The first kappa shape index (κ1) is 30.8. The topological polar surface area (TPSA) is 38.4 Å². The van der Waals surface area contributed by atoms with Gasteiger partial charge in [0.15, 0.2) is 0 Å². The SMILES string of the molecule is O=c1c2ccccc2oc2cc(-c3ccc(N4c5ccccc5Sc5ccc(-n6c7ccccc7c7cc(-c8ccccc8)ccc76)cc54)cc3)ccc12. The Bertz CT molecular complexity index is 3160. The lowest BCUT2D eigenvalue weighted by molar-refractivity contribution is 0.660. The maximum atomic E-state index is 13.2. The molecule has 0 saturated carbocycles. The normalized spacial score (nSPS) is 12.4. The lowest BCUT2D eigenvalue weighted by Crippen LogP contribution is -2.15. The van der Waals surface area contributed by atoms with Gasteiger partial charge in [-0.05, 0) is 107 Å². The zero-order valence-corrected chi connectivity index (χ0v) is 29.8. The molecule has 3 heterocycles. The highest BCUT2D eigenvalue weighted by Crippen LogP contribution is 2.52. The summed E-state index contributed by atoms with van der Waals surface area (Å²) in [6.45, 7) is 0. The van der Waals surface area contributed by atoms with E-state index in [4.69, 9.17) is 4.42 Å². The summed E-state index contributed by atoms with van der Waals surface area (Å²) in [7, 11) is 0. The van der Waals surface area contributed by atoms with Crippen molar-refractivity contribution in [1.29, 1.82) is 0 Å². The molecule has 10 aromatic rings. The minimum Gasteiger partial charge on any atom is -0.456 e. The number of nitrogens with zero attached hydrogens (tertiary/aromatic N) is 2. The molecule has 0 fully saturated rings. The molecule has 54 heavy (non-hydrogen) atoms. The van der Waals surface area contributed by atoms with E-state index in [1.165, 1.54) is 42.7 Å². The number of benzene rings is 8. The third-order valence-electron chi connectivity index (χ3n) is 10.6. The van der Waals surface area contributed by atoms with Crippen molar-refractivity contribution in [3.8, 4) is 27.9 Å². The smallest absolute Gasteiger partial charge is 0.200 e. The van der Waals surface area contributed by atoms with Crippen LogP contribution in [0.15, 0.2) is 201 Å². The van der Waals surface area contributed by atoms with Crippen molar-refractivity contribution in [2.24, 2.45) is 0 Å². The Morgan fingerprint density at radius 3 is 1.93 bits per heavy atom. The van der Waals surface area contributed by atoms with Gasteiger partial charge in [0.1, 0.15) is 11.2 Å². The van der Waals surface area contributed by atoms with Crippen LogP contribution in [0.5, 0.6) is 0 Å². The van der Waals surface area contributed by atoms with Crippen LogP contribution in [0.3, 0.4) is 0 Å². The molecule has 0 bridgehead atoms. The number of hydrogen-bond acceptors (Lipinski definition) is 4. The molecule has 0 unspecified atom stereocenters. The number of aromatic nitrogens is 1. The summed E-state index contributed by atoms with van der Waals surface area (Å²) in [5.41, 5.74) is 12.4. The third-order valence-corrected chi connectivity index (χ3v) is 11.7. The highest BCUT2D eigenvalue weighted by molar-refractivity contribution is 7.99. The van der Waals surface area contributed by atoms with E-state index in [1.807, 2.05) is 54.2 Å². The molecule has 0 amide bonds. The Hall–Kier alpha value is -6.82. The molecule has 2 aromatic heterocycles. The minimum atomic E-state index is -0.00809. The molecular formula is C49H30N2O2S. The van der Waals surface area contributed by atoms with Gasteiger partial charge in [-0.25, -0.2) is 0 Å². The van der Waals surface area contributed by atoms with Crippen LogP contribution in [0.4, 0.5) is 17.1 Å². The average Bonchev–Trinajstić information content (AvgIpc) is 3.56. The van der Waals surface area contributed by atoms with Crippen molar-refractivity contribution < 1.29 is 4.42 Å². The Kier molecular flexibility index (Phi) is 6.91. The summed E-state index contributed by atoms with van der Waals surface area (Å²) in [5.74, 6) is 0. The molecule has 1 aliphatic heterocycles. The lowest BCUT2D eigenvalue weighted by Gasteiger charge is -2.33. The predicted molar refractivity (Wildman–Crippen MR) is 224 cm³/mol. The summed E-state index contributed by atoms with van der Waals surface area (Å²) in [4.78, 5) is 18.0. The monoisotopic (exact) mass is 710 g/mol. The van der Waals surface area contributed by atoms with E-state index in [2.05, 4.69) is 149 Å². The van der Waals surface area contributed by atoms with Crippen LogP contribution in [0, 0.1) is 0 Å². The van der Waals surface area contributed by atoms with Crippen molar-refractivity contribution in [3.63, 3.8) is 0 Å². The zero-order chi connectivity index (χ0) is 35.8. The molecule has 11 rings (SSSR count). The fourth-order valence-corrected chi connectivity index (χ4v) is 9.04. The molecule has 0 atom stereocenters. The Balaban J connectivity index is 1.03. The van der Waals surface area contributed by atoms with E-state index in [0.29, 0.717) is 21.9 Å². The van der Waals surface area contributed by atoms with E-state index in [-0.39, 0.29) is 5.43 Å². The van der Waals surface area contributed by atoms with Gasteiger partial charge in [0.05, 0.1) is 33.2 Å². The minimum absolute atomic E-state index is 0.00809. The Morgan fingerprint density at radius 1 is 0.407 bits per heavy atom. The zero-order valence-electron chi connectivity index (χ0n) is 28.9. The maximum Gasteiger partial charge on any atom is 0.200 e. The van der Waals surface area contributed by atoms with Crippen LogP contribution in [0.25, 0.3) is 71.7 Å². The van der Waals surface area contributed by atoms with Crippen molar-refractivity contribution in [3.05, 3.63) is 192 Å². The Labute approximate surface area is 315 Å². The molecule has 0 N–H and O–H groups in total. The summed E-state index contributed by atoms with van der Waals surface area (Å²) in [6.07, 6.45) is 0. The first-order valence-electron chi connectivity index (χ1n) is 18.0. The van der Waals surface area contributed by atoms with Gasteiger partial charge in [0.2, 0.25) is 5.43 Å². The van der Waals surface area contributed by atoms with E-state index in [1.54, 1.807) is 0 Å². The fraction of sp³-hybridized carbons (Fsp3) is 0. The van der Waals surface area contributed by atoms with Gasteiger partial charge in [0.25, 0.3) is 0 Å². The van der Waals surface area contributed by atoms with E-state index >= 15 is 0 Å². The molecule has 5 heteroatoms. The number of fused-ring (bicyclic) bond motifs is 7. The highest BCUT2D eigenvalue weighted by Gasteiger charge is 2.26. The summed E-state index contributed by atoms with van der Waals surface area (Å²) in [6, 6.07) is 63.5. The molecule has 1 aliphatic rings. The van der Waals surface area contributed by atoms with Crippen LogP contribution >= 0.6 is 11.8 Å². The van der Waals surface area contributed by atoms with E-state index in [9.17, 15) is 4.79 Å². The Morgan fingerprint density at radius 2 is 1.04 bits per heavy atom. The first-order chi connectivity index (χ1) is 26.7. The maximum absolute atomic E-state index is 13.2. The average molecular weight is 711 g/mol. The van der Waals surface area contributed by atoms with Gasteiger partial charge < -0.3 is 13.9 Å². The van der Waals surface area contributed by atoms with Crippen LogP contribution in [-0.2, 0) is 0 Å². The van der Waals surface area contributed by atoms with Crippen molar-refractivity contribution in [2.75, 3.05) is 4.90 Å². The largest absolute Gasteiger partial charge is 0.456 e. The molecule has 254 valence electrons. The van der Waals surface area contributed by atoms with Crippen LogP contribution in [-0.4, -0.2) is 4.57 Å². The van der Waals surface area contributed by atoms with Gasteiger partial charge in [-0.3, -0.25) is 4.79 Å². The highest BCUT2D eigenvalue weighted by atomic mass is 32.2. The van der Waals surface area contributed by atoms with Gasteiger partial charge in [-0.1, -0.05) is 109 Å². The molecule has 0 aliphatic carbocycles.